The lowest BCUT2D eigenvalue weighted by Crippen LogP contribution is -2.56. The topological polar surface area (TPSA) is 67.4 Å². The van der Waals surface area contributed by atoms with E-state index in [1.165, 1.54) is 24.3 Å². The molecule has 9 heteroatoms. The number of amides is 2. The standard InChI is InChI=1S/C30H20BrCl2FN2O3/c31-17-4-11-26(39-21-8-6-20(34)7-9-21)22(13-17)28-30(23-10-5-19(33)14-25(23)35-29(30)38)24(15-27(37)36-28)16-2-1-3-18(32)12-16/h1-14,24,28H,15H2,(H,35,38)(H,36,37)/t24-,28+,30-/m0/s1. The summed E-state index contributed by atoms with van der Waals surface area (Å²) in [6, 6.07) is 22.7. The SMILES string of the molecule is O=C1C[C@@H](c2cccc(Cl)c2)[C@]2(C(=O)Nc3cc(Cl)ccc32)[C@@H](c2cc(Br)ccc2Oc2ccc(F)cc2)N1. The second-order valence-electron chi connectivity index (χ2n) is 9.56. The number of nitrogens with one attached hydrogen (secondary N) is 2. The Morgan fingerprint density at radius 3 is 2.46 bits per heavy atom. The predicted molar refractivity (Wildman–Crippen MR) is 152 cm³/mol. The Bertz CT molecular complexity index is 1630. The number of benzene rings is 4. The van der Waals surface area contributed by atoms with Crippen LogP contribution in [0.3, 0.4) is 0 Å². The monoisotopic (exact) mass is 624 g/mol. The van der Waals surface area contributed by atoms with Crippen LogP contribution in [0.1, 0.15) is 35.1 Å². The molecule has 0 unspecified atom stereocenters. The number of piperidine rings is 1. The van der Waals surface area contributed by atoms with Gasteiger partial charge in [0.25, 0.3) is 0 Å². The van der Waals surface area contributed by atoms with Gasteiger partial charge < -0.3 is 15.4 Å². The Hall–Kier alpha value is -3.39. The van der Waals surface area contributed by atoms with E-state index in [1.54, 1.807) is 36.4 Å². The third-order valence-corrected chi connectivity index (χ3v) is 8.29. The molecule has 5 nitrogen and oxygen atoms in total. The van der Waals surface area contributed by atoms with Crippen molar-refractivity contribution in [3.05, 3.63) is 122 Å². The Morgan fingerprint density at radius 2 is 1.69 bits per heavy atom. The highest BCUT2D eigenvalue weighted by Crippen LogP contribution is 2.58. The molecular formula is C30H20BrCl2FN2O3. The number of halogens is 4. The third-order valence-electron chi connectivity index (χ3n) is 7.33. The molecule has 4 aromatic rings. The van der Waals surface area contributed by atoms with Crippen LogP contribution in [0.5, 0.6) is 11.5 Å². The van der Waals surface area contributed by atoms with E-state index in [4.69, 9.17) is 27.9 Å². The lowest BCUT2D eigenvalue weighted by molar-refractivity contribution is -0.131. The molecule has 196 valence electrons. The van der Waals surface area contributed by atoms with E-state index in [2.05, 4.69) is 26.6 Å². The largest absolute Gasteiger partial charge is 0.457 e. The van der Waals surface area contributed by atoms with E-state index >= 15 is 0 Å². The van der Waals surface area contributed by atoms with Crippen molar-refractivity contribution in [2.24, 2.45) is 0 Å². The first-order chi connectivity index (χ1) is 18.8. The smallest absolute Gasteiger partial charge is 0.238 e. The van der Waals surface area contributed by atoms with Gasteiger partial charge in [-0.05, 0) is 77.9 Å². The van der Waals surface area contributed by atoms with Crippen molar-refractivity contribution in [3.8, 4) is 11.5 Å². The molecule has 1 saturated heterocycles. The van der Waals surface area contributed by atoms with Gasteiger partial charge in [-0.3, -0.25) is 9.59 Å². The normalized spacial score (nSPS) is 21.8. The summed E-state index contributed by atoms with van der Waals surface area (Å²) in [5.74, 6) is -0.628. The number of fused-ring (bicyclic) bond motifs is 2. The number of hydrogen-bond donors (Lipinski definition) is 2. The molecule has 4 aromatic carbocycles. The van der Waals surface area contributed by atoms with Crippen LogP contribution in [0.2, 0.25) is 10.0 Å². The molecule has 2 heterocycles. The fourth-order valence-electron chi connectivity index (χ4n) is 5.74. The number of anilines is 1. The van der Waals surface area contributed by atoms with Crippen molar-refractivity contribution in [3.63, 3.8) is 0 Å². The van der Waals surface area contributed by atoms with E-state index < -0.39 is 17.4 Å². The van der Waals surface area contributed by atoms with E-state index in [0.717, 1.165) is 10.0 Å². The van der Waals surface area contributed by atoms with Crippen molar-refractivity contribution in [2.75, 3.05) is 5.32 Å². The average molecular weight is 626 g/mol. The maximum Gasteiger partial charge on any atom is 0.238 e. The van der Waals surface area contributed by atoms with Crippen molar-refractivity contribution in [1.29, 1.82) is 0 Å². The molecule has 1 fully saturated rings. The Kier molecular flexibility index (Phi) is 6.61. The number of carbonyl (C=O) groups is 2. The van der Waals surface area contributed by atoms with Crippen LogP contribution in [0.25, 0.3) is 0 Å². The fraction of sp³-hybridized carbons (Fsp3) is 0.133. The van der Waals surface area contributed by atoms with Crippen LogP contribution >= 0.6 is 39.1 Å². The summed E-state index contributed by atoms with van der Waals surface area (Å²) in [6.07, 6.45) is 0.0640. The molecule has 2 aliphatic rings. The number of hydrogen-bond acceptors (Lipinski definition) is 3. The van der Waals surface area contributed by atoms with Crippen molar-refractivity contribution < 1.29 is 18.7 Å². The summed E-state index contributed by atoms with van der Waals surface area (Å²) in [5.41, 5.74) is 1.36. The zero-order chi connectivity index (χ0) is 27.3. The molecule has 3 atom stereocenters. The summed E-state index contributed by atoms with van der Waals surface area (Å²) in [5, 5.41) is 7.10. The van der Waals surface area contributed by atoms with Crippen molar-refractivity contribution in [2.45, 2.75) is 23.8 Å². The van der Waals surface area contributed by atoms with Gasteiger partial charge in [0, 0.05) is 38.1 Å². The fourth-order valence-corrected chi connectivity index (χ4v) is 6.49. The second-order valence-corrected chi connectivity index (χ2v) is 11.4. The van der Waals surface area contributed by atoms with Gasteiger partial charge in [0.2, 0.25) is 11.8 Å². The number of rotatable bonds is 4. The van der Waals surface area contributed by atoms with E-state index in [1.807, 2.05) is 24.3 Å². The minimum absolute atomic E-state index is 0.0640. The Morgan fingerprint density at radius 1 is 0.923 bits per heavy atom. The number of ether oxygens (including phenoxy) is 1. The van der Waals surface area contributed by atoms with Crippen molar-refractivity contribution in [1.82, 2.24) is 5.32 Å². The molecule has 0 radical (unpaired) electrons. The van der Waals surface area contributed by atoms with Gasteiger partial charge in [-0.25, -0.2) is 4.39 Å². The van der Waals surface area contributed by atoms with Crippen LogP contribution < -0.4 is 15.4 Å². The highest BCUT2D eigenvalue weighted by atomic mass is 79.9. The van der Waals surface area contributed by atoms with Crippen LogP contribution in [0.4, 0.5) is 10.1 Å². The highest BCUT2D eigenvalue weighted by molar-refractivity contribution is 9.10. The first-order valence-electron chi connectivity index (χ1n) is 12.1. The molecule has 6 rings (SSSR count). The van der Waals surface area contributed by atoms with E-state index in [9.17, 15) is 14.0 Å². The Balaban J connectivity index is 1.60. The maximum absolute atomic E-state index is 14.2. The molecule has 0 aliphatic carbocycles. The average Bonchev–Trinajstić information content (AvgIpc) is 3.18. The summed E-state index contributed by atoms with van der Waals surface area (Å²) in [6.45, 7) is 0. The summed E-state index contributed by atoms with van der Waals surface area (Å²) < 4.78 is 20.5. The van der Waals surface area contributed by atoms with Gasteiger partial charge in [-0.1, -0.05) is 57.3 Å². The quantitative estimate of drug-likeness (QED) is 0.242. The zero-order valence-corrected chi connectivity index (χ0v) is 23.3. The summed E-state index contributed by atoms with van der Waals surface area (Å²) >= 11 is 16.2. The van der Waals surface area contributed by atoms with Gasteiger partial charge >= 0.3 is 0 Å². The molecule has 1 spiro atoms. The van der Waals surface area contributed by atoms with Crippen LogP contribution in [-0.2, 0) is 15.0 Å². The van der Waals surface area contributed by atoms with Crippen molar-refractivity contribution >= 4 is 56.6 Å². The summed E-state index contributed by atoms with van der Waals surface area (Å²) in [7, 11) is 0. The summed E-state index contributed by atoms with van der Waals surface area (Å²) in [4.78, 5) is 27.6. The second kappa shape index (κ2) is 9.97. The Labute approximate surface area is 242 Å². The lowest BCUT2D eigenvalue weighted by Gasteiger charge is -2.46. The van der Waals surface area contributed by atoms with Gasteiger partial charge in [-0.2, -0.15) is 0 Å². The zero-order valence-electron chi connectivity index (χ0n) is 20.2. The maximum atomic E-state index is 14.2. The first kappa shape index (κ1) is 25.9. The van der Waals surface area contributed by atoms with Crippen LogP contribution in [0, 0.1) is 5.82 Å². The molecule has 0 bridgehead atoms. The molecule has 2 amide bonds. The third kappa shape index (κ3) is 4.48. The molecule has 39 heavy (non-hydrogen) atoms. The van der Waals surface area contributed by atoms with E-state index in [0.29, 0.717) is 38.4 Å². The first-order valence-corrected chi connectivity index (χ1v) is 13.7. The van der Waals surface area contributed by atoms with Crippen LogP contribution in [-0.4, -0.2) is 11.8 Å². The van der Waals surface area contributed by atoms with Crippen LogP contribution in [0.15, 0.2) is 89.4 Å². The van der Waals surface area contributed by atoms with E-state index in [-0.39, 0.29) is 24.1 Å². The molecular weight excluding hydrogens is 606 g/mol. The predicted octanol–water partition coefficient (Wildman–Crippen LogP) is 7.92. The van der Waals surface area contributed by atoms with Gasteiger partial charge in [0.05, 0.1) is 6.04 Å². The van der Waals surface area contributed by atoms with Gasteiger partial charge in [0.15, 0.2) is 0 Å². The van der Waals surface area contributed by atoms with Gasteiger partial charge in [-0.15, -0.1) is 0 Å². The number of carbonyl (C=O) groups excluding carboxylic acids is 2. The molecule has 0 saturated carbocycles. The minimum atomic E-state index is -1.26. The molecule has 2 N–H and O–H groups in total. The minimum Gasteiger partial charge on any atom is -0.457 e. The lowest BCUT2D eigenvalue weighted by atomic mass is 9.59. The highest BCUT2D eigenvalue weighted by Gasteiger charge is 2.61. The molecule has 2 aliphatic heterocycles. The van der Waals surface area contributed by atoms with Gasteiger partial charge in [0.1, 0.15) is 22.7 Å². The molecule has 0 aromatic heterocycles.